The van der Waals surface area contributed by atoms with Crippen LogP contribution in [-0.2, 0) is 22.6 Å². The lowest BCUT2D eigenvalue weighted by atomic mass is 10.1. The summed E-state index contributed by atoms with van der Waals surface area (Å²) in [4.78, 5) is 39.4. The number of anilines is 1. The summed E-state index contributed by atoms with van der Waals surface area (Å²) in [5.41, 5.74) is 2.62. The molecule has 2 aliphatic heterocycles. The Bertz CT molecular complexity index is 1400. The molecule has 3 aromatic rings. The number of benzene rings is 3. The third-order valence-corrected chi connectivity index (χ3v) is 6.30. The molecule has 1 saturated heterocycles. The van der Waals surface area contributed by atoms with E-state index in [0.717, 1.165) is 26.9 Å². The van der Waals surface area contributed by atoms with Crippen LogP contribution < -0.4 is 24.4 Å². The van der Waals surface area contributed by atoms with Crippen LogP contribution in [0.2, 0.25) is 0 Å². The van der Waals surface area contributed by atoms with Crippen LogP contribution in [-0.4, -0.2) is 24.6 Å². The van der Waals surface area contributed by atoms with Gasteiger partial charge in [0, 0.05) is 10.0 Å². The average Bonchev–Trinajstić information content (AvgIpc) is 3.34. The molecule has 1 N–H and O–H groups in total. The van der Waals surface area contributed by atoms with Gasteiger partial charge in [-0.1, -0.05) is 41.1 Å². The fourth-order valence-electron chi connectivity index (χ4n) is 3.88. The first-order valence-corrected chi connectivity index (χ1v) is 12.0. The lowest BCUT2D eigenvalue weighted by molar-refractivity contribution is -0.122. The number of rotatable bonds is 6. The number of urea groups is 1. The van der Waals surface area contributed by atoms with Gasteiger partial charge in [-0.25, -0.2) is 9.69 Å². The third kappa shape index (κ3) is 4.70. The number of barbiturate groups is 1. The maximum absolute atomic E-state index is 13.3. The molecule has 8 nitrogen and oxygen atoms in total. The molecule has 2 heterocycles. The summed E-state index contributed by atoms with van der Waals surface area (Å²) in [6.45, 7) is 2.42. The van der Waals surface area contributed by atoms with Gasteiger partial charge < -0.3 is 14.2 Å². The van der Waals surface area contributed by atoms with Crippen molar-refractivity contribution in [3.05, 3.63) is 87.4 Å². The number of carbonyl (C=O) groups excluding carboxylic acids is 3. The maximum Gasteiger partial charge on any atom is 0.335 e. The predicted molar refractivity (Wildman–Crippen MR) is 136 cm³/mol. The molecule has 9 heteroatoms. The number of nitrogens with zero attached hydrogens (tertiary/aromatic N) is 1. The van der Waals surface area contributed by atoms with Gasteiger partial charge in [0.1, 0.15) is 17.9 Å². The van der Waals surface area contributed by atoms with Crippen LogP contribution in [0.15, 0.2) is 70.7 Å². The molecule has 2 aliphatic rings. The second-order valence-electron chi connectivity index (χ2n) is 8.14. The number of carbonyl (C=O) groups is 3. The van der Waals surface area contributed by atoms with E-state index in [1.165, 1.54) is 6.08 Å². The van der Waals surface area contributed by atoms with Gasteiger partial charge in [0.05, 0.1) is 5.69 Å². The zero-order chi connectivity index (χ0) is 25.2. The fraction of sp³-hybridized carbons (Fsp3) is 0.148. The van der Waals surface area contributed by atoms with E-state index in [2.05, 4.69) is 21.2 Å². The van der Waals surface area contributed by atoms with Crippen LogP contribution >= 0.6 is 15.9 Å². The molecule has 3 aromatic carbocycles. The molecule has 36 heavy (non-hydrogen) atoms. The number of imide groups is 2. The zero-order valence-corrected chi connectivity index (χ0v) is 20.8. The molecule has 4 amide bonds. The van der Waals surface area contributed by atoms with Crippen molar-refractivity contribution in [2.24, 2.45) is 0 Å². The smallest absolute Gasteiger partial charge is 0.335 e. The van der Waals surface area contributed by atoms with Gasteiger partial charge in [-0.15, -0.1) is 0 Å². The minimum Gasteiger partial charge on any atom is -0.488 e. The van der Waals surface area contributed by atoms with Gasteiger partial charge >= 0.3 is 6.03 Å². The van der Waals surface area contributed by atoms with Crippen LogP contribution in [0.5, 0.6) is 17.2 Å². The van der Waals surface area contributed by atoms with E-state index < -0.39 is 17.8 Å². The lowest BCUT2D eigenvalue weighted by Gasteiger charge is -2.26. The van der Waals surface area contributed by atoms with Crippen molar-refractivity contribution in [2.75, 3.05) is 11.7 Å². The van der Waals surface area contributed by atoms with Crippen LogP contribution in [0, 0.1) is 0 Å². The number of halogens is 1. The SMILES string of the molecule is CCc1ccc(N2C(=O)NC(=O)/C(=C/c3cc(Br)ccc3OCc3ccc4c(c3)OCO4)C2=O)cc1. The number of fused-ring (bicyclic) bond motifs is 1. The van der Waals surface area contributed by atoms with Crippen LogP contribution in [0.4, 0.5) is 10.5 Å². The number of aryl methyl sites for hydroxylation is 1. The summed E-state index contributed by atoms with van der Waals surface area (Å²) < 4.78 is 17.5. The molecule has 0 spiro atoms. The van der Waals surface area contributed by atoms with Crippen molar-refractivity contribution < 1.29 is 28.6 Å². The minimum atomic E-state index is -0.792. The Balaban J connectivity index is 1.43. The second-order valence-corrected chi connectivity index (χ2v) is 9.05. The molecular weight excluding hydrogens is 528 g/mol. The highest BCUT2D eigenvalue weighted by Crippen LogP contribution is 2.33. The molecular formula is C27H21BrN2O6. The summed E-state index contributed by atoms with van der Waals surface area (Å²) in [5.74, 6) is 0.302. The number of amides is 4. The van der Waals surface area contributed by atoms with E-state index >= 15 is 0 Å². The Morgan fingerprint density at radius 1 is 0.972 bits per heavy atom. The highest BCUT2D eigenvalue weighted by molar-refractivity contribution is 9.10. The molecule has 0 saturated carbocycles. The highest BCUT2D eigenvalue weighted by atomic mass is 79.9. The van der Waals surface area contributed by atoms with Crippen LogP contribution in [0.1, 0.15) is 23.6 Å². The third-order valence-electron chi connectivity index (χ3n) is 5.81. The standard InChI is InChI=1S/C27H21BrN2O6/c1-2-16-3-7-20(8-4-16)30-26(32)21(25(31)29-27(30)33)13-18-12-19(28)6-10-22(18)34-14-17-5-9-23-24(11-17)36-15-35-23/h3-13H,2,14-15H2,1H3,(H,29,31,33)/b21-13-. The van der Waals surface area contributed by atoms with E-state index in [0.29, 0.717) is 28.5 Å². The van der Waals surface area contributed by atoms with Crippen molar-refractivity contribution in [1.29, 1.82) is 0 Å². The Kier molecular flexibility index (Phi) is 6.47. The molecule has 1 fully saturated rings. The van der Waals surface area contributed by atoms with Gasteiger partial charge in [-0.2, -0.15) is 0 Å². The molecule has 0 radical (unpaired) electrons. The van der Waals surface area contributed by atoms with E-state index in [9.17, 15) is 14.4 Å². The topological polar surface area (TPSA) is 94.2 Å². The number of nitrogens with one attached hydrogen (secondary N) is 1. The summed E-state index contributed by atoms with van der Waals surface area (Å²) >= 11 is 3.43. The largest absolute Gasteiger partial charge is 0.488 e. The Hall–Kier alpha value is -4.11. The Labute approximate surface area is 215 Å². The van der Waals surface area contributed by atoms with E-state index in [4.69, 9.17) is 14.2 Å². The van der Waals surface area contributed by atoms with Crippen molar-refractivity contribution in [3.8, 4) is 17.2 Å². The van der Waals surface area contributed by atoms with Crippen LogP contribution in [0.25, 0.3) is 6.08 Å². The van der Waals surface area contributed by atoms with E-state index in [1.54, 1.807) is 30.3 Å². The minimum absolute atomic E-state index is 0.180. The average molecular weight is 549 g/mol. The van der Waals surface area contributed by atoms with Gasteiger partial charge in [0.2, 0.25) is 6.79 Å². The Morgan fingerprint density at radius 3 is 2.50 bits per heavy atom. The number of hydrogen-bond donors (Lipinski definition) is 1. The second kappa shape index (κ2) is 9.87. The maximum atomic E-state index is 13.3. The first-order chi connectivity index (χ1) is 17.4. The van der Waals surface area contributed by atoms with E-state index in [1.807, 2.05) is 37.3 Å². The van der Waals surface area contributed by atoms with Crippen molar-refractivity contribution in [2.45, 2.75) is 20.0 Å². The van der Waals surface area contributed by atoms with Crippen LogP contribution in [0.3, 0.4) is 0 Å². The van der Waals surface area contributed by atoms with Gasteiger partial charge in [-0.05, 0) is 66.1 Å². The monoisotopic (exact) mass is 548 g/mol. The predicted octanol–water partition coefficient (Wildman–Crippen LogP) is 4.99. The molecule has 0 unspecified atom stereocenters. The van der Waals surface area contributed by atoms with Crippen molar-refractivity contribution in [3.63, 3.8) is 0 Å². The molecule has 182 valence electrons. The van der Waals surface area contributed by atoms with Gasteiger partial charge in [-0.3, -0.25) is 14.9 Å². The van der Waals surface area contributed by atoms with Crippen molar-refractivity contribution in [1.82, 2.24) is 5.32 Å². The lowest BCUT2D eigenvalue weighted by Crippen LogP contribution is -2.54. The molecule has 0 aliphatic carbocycles. The summed E-state index contributed by atoms with van der Waals surface area (Å²) in [6.07, 6.45) is 2.25. The summed E-state index contributed by atoms with van der Waals surface area (Å²) in [7, 11) is 0. The first-order valence-electron chi connectivity index (χ1n) is 11.2. The quantitative estimate of drug-likeness (QED) is 0.344. The normalized spacial score (nSPS) is 15.9. The summed E-state index contributed by atoms with van der Waals surface area (Å²) in [5, 5.41) is 2.25. The van der Waals surface area contributed by atoms with E-state index in [-0.39, 0.29) is 19.0 Å². The Morgan fingerprint density at radius 2 is 1.72 bits per heavy atom. The summed E-state index contributed by atoms with van der Waals surface area (Å²) in [6, 6.07) is 17.0. The fourth-order valence-corrected chi connectivity index (χ4v) is 4.26. The van der Waals surface area contributed by atoms with Gasteiger partial charge in [0.25, 0.3) is 11.8 Å². The van der Waals surface area contributed by atoms with Gasteiger partial charge in [0.15, 0.2) is 11.5 Å². The number of ether oxygens (including phenoxy) is 3. The first kappa shape index (κ1) is 23.6. The number of hydrogen-bond acceptors (Lipinski definition) is 6. The zero-order valence-electron chi connectivity index (χ0n) is 19.2. The molecule has 0 aromatic heterocycles. The molecule has 5 rings (SSSR count). The van der Waals surface area contributed by atoms with Crippen molar-refractivity contribution >= 4 is 45.5 Å². The highest BCUT2D eigenvalue weighted by Gasteiger charge is 2.37. The molecule has 0 bridgehead atoms. The molecule has 0 atom stereocenters.